The smallest absolute Gasteiger partial charge is 0.123 e. The Kier molecular flexibility index (Phi) is 3.46. The van der Waals surface area contributed by atoms with Gasteiger partial charge in [0.2, 0.25) is 0 Å². The molecule has 1 aliphatic heterocycles. The minimum atomic E-state index is -0.632. The Labute approximate surface area is 113 Å². The van der Waals surface area contributed by atoms with E-state index >= 15 is 0 Å². The molecule has 2 aliphatic rings. The first-order chi connectivity index (χ1) is 9.15. The number of anilines is 1. The van der Waals surface area contributed by atoms with Crippen LogP contribution < -0.4 is 4.90 Å². The van der Waals surface area contributed by atoms with E-state index in [2.05, 4.69) is 9.80 Å². The van der Waals surface area contributed by atoms with Crippen LogP contribution in [0.15, 0.2) is 18.2 Å². The van der Waals surface area contributed by atoms with Crippen molar-refractivity contribution >= 4 is 5.69 Å². The van der Waals surface area contributed by atoms with Crippen molar-refractivity contribution in [1.29, 1.82) is 0 Å². The maximum Gasteiger partial charge on any atom is 0.123 e. The van der Waals surface area contributed by atoms with Crippen LogP contribution in [0.5, 0.6) is 0 Å². The fraction of sp³-hybridized carbons (Fsp3) is 0.600. The standard InChI is InChI=1S/C15H21FN2O/c1-11(19)14-10-12(16)2-5-15(14)18-8-6-17(7-9-18)13-3-4-13/h2,5,10-11,13,19H,3-4,6-9H2,1H3/t11-/m0/s1. The molecule has 1 N–H and O–H groups in total. The van der Waals surface area contributed by atoms with Crippen molar-refractivity contribution in [3.8, 4) is 0 Å². The van der Waals surface area contributed by atoms with Crippen LogP contribution in [-0.2, 0) is 0 Å². The molecule has 0 aromatic heterocycles. The molecular formula is C15H21FN2O. The van der Waals surface area contributed by atoms with Gasteiger partial charge in [-0.3, -0.25) is 4.90 Å². The number of nitrogens with zero attached hydrogens (tertiary/aromatic N) is 2. The Bertz CT molecular complexity index is 451. The molecule has 1 saturated heterocycles. The van der Waals surface area contributed by atoms with Gasteiger partial charge >= 0.3 is 0 Å². The van der Waals surface area contributed by atoms with Gasteiger partial charge in [-0.05, 0) is 38.0 Å². The summed E-state index contributed by atoms with van der Waals surface area (Å²) in [5.74, 6) is -0.281. The number of aliphatic hydroxyl groups is 1. The summed E-state index contributed by atoms with van der Waals surface area (Å²) in [6.45, 7) is 5.75. The van der Waals surface area contributed by atoms with Crippen LogP contribution in [0.25, 0.3) is 0 Å². The molecule has 1 aromatic carbocycles. The highest BCUT2D eigenvalue weighted by molar-refractivity contribution is 5.55. The second kappa shape index (κ2) is 5.10. The number of rotatable bonds is 3. The first kappa shape index (κ1) is 12.9. The number of piperazine rings is 1. The third-order valence-corrected chi connectivity index (χ3v) is 4.16. The molecule has 1 aliphatic carbocycles. The topological polar surface area (TPSA) is 26.7 Å². The van der Waals surface area contributed by atoms with E-state index in [0.717, 1.165) is 37.9 Å². The van der Waals surface area contributed by atoms with Crippen LogP contribution in [-0.4, -0.2) is 42.2 Å². The minimum absolute atomic E-state index is 0.281. The van der Waals surface area contributed by atoms with E-state index in [0.29, 0.717) is 5.56 Å². The van der Waals surface area contributed by atoms with Crippen LogP contribution in [0.2, 0.25) is 0 Å². The maximum atomic E-state index is 13.3. The van der Waals surface area contributed by atoms with Gasteiger partial charge in [-0.25, -0.2) is 4.39 Å². The van der Waals surface area contributed by atoms with Crippen molar-refractivity contribution in [2.45, 2.75) is 31.9 Å². The average molecular weight is 264 g/mol. The zero-order valence-electron chi connectivity index (χ0n) is 11.3. The predicted octanol–water partition coefficient (Wildman–Crippen LogP) is 2.16. The molecule has 104 valence electrons. The van der Waals surface area contributed by atoms with Crippen molar-refractivity contribution in [2.24, 2.45) is 0 Å². The average Bonchev–Trinajstić information content (AvgIpc) is 3.23. The lowest BCUT2D eigenvalue weighted by atomic mass is 10.1. The fourth-order valence-electron chi connectivity index (χ4n) is 2.92. The van der Waals surface area contributed by atoms with Gasteiger partial charge in [0.1, 0.15) is 5.82 Å². The van der Waals surface area contributed by atoms with Crippen LogP contribution in [0.4, 0.5) is 10.1 Å². The third-order valence-electron chi connectivity index (χ3n) is 4.16. The van der Waals surface area contributed by atoms with Gasteiger partial charge in [0.05, 0.1) is 6.10 Å². The fourth-order valence-corrected chi connectivity index (χ4v) is 2.92. The first-order valence-electron chi connectivity index (χ1n) is 7.11. The molecule has 0 unspecified atom stereocenters. The summed E-state index contributed by atoms with van der Waals surface area (Å²) >= 11 is 0. The summed E-state index contributed by atoms with van der Waals surface area (Å²) in [6, 6.07) is 5.54. The van der Waals surface area contributed by atoms with Crippen LogP contribution in [0.3, 0.4) is 0 Å². The molecule has 1 atom stereocenters. The van der Waals surface area contributed by atoms with Crippen molar-refractivity contribution in [3.05, 3.63) is 29.6 Å². The Morgan fingerprint density at radius 2 is 1.89 bits per heavy atom. The largest absolute Gasteiger partial charge is 0.389 e. The normalized spacial score (nSPS) is 22.6. The van der Waals surface area contributed by atoms with Crippen LogP contribution >= 0.6 is 0 Å². The lowest BCUT2D eigenvalue weighted by Gasteiger charge is -2.37. The van der Waals surface area contributed by atoms with E-state index in [9.17, 15) is 9.50 Å². The van der Waals surface area contributed by atoms with Gasteiger partial charge < -0.3 is 10.0 Å². The zero-order chi connectivity index (χ0) is 13.4. The molecule has 2 fully saturated rings. The highest BCUT2D eigenvalue weighted by atomic mass is 19.1. The van der Waals surface area contributed by atoms with Crippen molar-refractivity contribution in [2.75, 3.05) is 31.1 Å². The maximum absolute atomic E-state index is 13.3. The molecule has 0 spiro atoms. The van der Waals surface area contributed by atoms with E-state index in [1.165, 1.54) is 25.0 Å². The quantitative estimate of drug-likeness (QED) is 0.906. The highest BCUT2D eigenvalue weighted by Gasteiger charge is 2.31. The molecule has 4 heteroatoms. The summed E-state index contributed by atoms with van der Waals surface area (Å²) in [7, 11) is 0. The van der Waals surface area contributed by atoms with Gasteiger partial charge in [-0.1, -0.05) is 0 Å². The van der Waals surface area contributed by atoms with Crippen LogP contribution in [0.1, 0.15) is 31.4 Å². The molecular weight excluding hydrogens is 243 g/mol. The van der Waals surface area contributed by atoms with Gasteiger partial charge in [0.25, 0.3) is 0 Å². The van der Waals surface area contributed by atoms with E-state index in [1.54, 1.807) is 13.0 Å². The molecule has 0 radical (unpaired) electrons. The van der Waals surface area contributed by atoms with E-state index in [1.807, 2.05) is 0 Å². The summed E-state index contributed by atoms with van der Waals surface area (Å²) in [4.78, 5) is 4.81. The monoisotopic (exact) mass is 264 g/mol. The summed E-state index contributed by atoms with van der Waals surface area (Å²) in [5, 5.41) is 9.81. The number of hydrogen-bond donors (Lipinski definition) is 1. The highest BCUT2D eigenvalue weighted by Crippen LogP contribution is 2.31. The van der Waals surface area contributed by atoms with E-state index in [4.69, 9.17) is 0 Å². The molecule has 0 bridgehead atoms. The Morgan fingerprint density at radius 1 is 1.21 bits per heavy atom. The lowest BCUT2D eigenvalue weighted by molar-refractivity contribution is 0.198. The van der Waals surface area contributed by atoms with Crippen molar-refractivity contribution < 1.29 is 9.50 Å². The number of benzene rings is 1. The minimum Gasteiger partial charge on any atom is -0.389 e. The SMILES string of the molecule is C[C@H](O)c1cc(F)ccc1N1CCN(C2CC2)CC1. The summed E-state index contributed by atoms with van der Waals surface area (Å²) in [6.07, 6.45) is 2.05. The number of halogens is 1. The molecule has 19 heavy (non-hydrogen) atoms. The lowest BCUT2D eigenvalue weighted by Crippen LogP contribution is -2.47. The second-order valence-corrected chi connectivity index (χ2v) is 5.63. The molecule has 3 nitrogen and oxygen atoms in total. The Hall–Kier alpha value is -1.13. The van der Waals surface area contributed by atoms with E-state index < -0.39 is 6.10 Å². The van der Waals surface area contributed by atoms with Gasteiger partial charge in [-0.2, -0.15) is 0 Å². The first-order valence-corrected chi connectivity index (χ1v) is 7.11. The molecule has 1 heterocycles. The molecule has 0 amide bonds. The Balaban J connectivity index is 1.75. The Morgan fingerprint density at radius 3 is 2.47 bits per heavy atom. The summed E-state index contributed by atoms with van der Waals surface area (Å²) < 4.78 is 13.3. The van der Waals surface area contributed by atoms with Gasteiger partial charge in [-0.15, -0.1) is 0 Å². The second-order valence-electron chi connectivity index (χ2n) is 5.63. The van der Waals surface area contributed by atoms with Crippen molar-refractivity contribution in [3.63, 3.8) is 0 Å². The number of hydrogen-bond acceptors (Lipinski definition) is 3. The van der Waals surface area contributed by atoms with Gasteiger partial charge in [0, 0.05) is 43.5 Å². The molecule has 3 rings (SSSR count). The van der Waals surface area contributed by atoms with Crippen LogP contribution in [0, 0.1) is 5.82 Å². The predicted molar refractivity (Wildman–Crippen MR) is 73.8 cm³/mol. The summed E-state index contributed by atoms with van der Waals surface area (Å²) in [5.41, 5.74) is 1.67. The molecule has 1 aromatic rings. The number of aliphatic hydroxyl groups excluding tert-OH is 1. The van der Waals surface area contributed by atoms with Gasteiger partial charge in [0.15, 0.2) is 0 Å². The molecule has 1 saturated carbocycles. The third kappa shape index (κ3) is 2.74. The zero-order valence-corrected chi connectivity index (χ0v) is 11.3. The van der Waals surface area contributed by atoms with E-state index in [-0.39, 0.29) is 5.82 Å². The van der Waals surface area contributed by atoms with Crippen molar-refractivity contribution in [1.82, 2.24) is 4.90 Å².